The van der Waals surface area contributed by atoms with Gasteiger partial charge in [0, 0.05) is 11.3 Å². The first-order valence-electron chi connectivity index (χ1n) is 7.56. The molecule has 0 aliphatic heterocycles. The van der Waals surface area contributed by atoms with E-state index in [1.165, 1.54) is 5.56 Å². The number of carbonyl (C=O) groups is 2. The molecule has 5 nitrogen and oxygen atoms in total. The summed E-state index contributed by atoms with van der Waals surface area (Å²) in [5.41, 5.74) is 8.34. The number of anilines is 1. The van der Waals surface area contributed by atoms with Crippen LogP contribution in [0.4, 0.5) is 10.5 Å². The Bertz CT molecular complexity index is 696. The van der Waals surface area contributed by atoms with Crippen LogP contribution in [-0.2, 0) is 6.42 Å². The van der Waals surface area contributed by atoms with Crippen LogP contribution in [0.5, 0.6) is 0 Å². The second-order valence-corrected chi connectivity index (χ2v) is 5.36. The molecule has 0 saturated carbocycles. The van der Waals surface area contributed by atoms with E-state index in [0.29, 0.717) is 11.3 Å². The highest BCUT2D eigenvalue weighted by atomic mass is 16.2. The van der Waals surface area contributed by atoms with Crippen molar-refractivity contribution in [2.45, 2.75) is 26.3 Å². The van der Waals surface area contributed by atoms with Gasteiger partial charge in [0.05, 0.1) is 6.04 Å². The number of nitrogens with one attached hydrogen (secondary N) is 2. The van der Waals surface area contributed by atoms with Gasteiger partial charge < -0.3 is 16.4 Å². The number of amides is 3. The normalized spacial score (nSPS) is 11.6. The molecule has 0 spiro atoms. The first-order chi connectivity index (χ1) is 11.0. The molecule has 2 aromatic rings. The van der Waals surface area contributed by atoms with E-state index in [-0.39, 0.29) is 11.9 Å². The van der Waals surface area contributed by atoms with E-state index in [4.69, 9.17) is 5.73 Å². The molecule has 1 unspecified atom stereocenters. The minimum atomic E-state index is -0.660. The smallest absolute Gasteiger partial charge is 0.316 e. The molecule has 2 rings (SSSR count). The second kappa shape index (κ2) is 7.45. The van der Waals surface area contributed by atoms with Crippen molar-refractivity contribution in [1.82, 2.24) is 5.32 Å². The summed E-state index contributed by atoms with van der Waals surface area (Å²) < 4.78 is 0. The summed E-state index contributed by atoms with van der Waals surface area (Å²) in [6.45, 7) is 4.04. The van der Waals surface area contributed by atoms with Crippen LogP contribution in [0.2, 0.25) is 0 Å². The van der Waals surface area contributed by atoms with Crippen molar-refractivity contribution in [3.63, 3.8) is 0 Å². The lowest BCUT2D eigenvalue weighted by Crippen LogP contribution is -2.27. The summed E-state index contributed by atoms with van der Waals surface area (Å²) in [7, 11) is 0. The fraction of sp³-hybridized carbons (Fsp3) is 0.222. The molecular formula is C18H21N3O2. The first-order valence-corrected chi connectivity index (χ1v) is 7.56. The van der Waals surface area contributed by atoms with Gasteiger partial charge in [0.2, 0.25) is 0 Å². The van der Waals surface area contributed by atoms with E-state index in [0.717, 1.165) is 12.0 Å². The Labute approximate surface area is 135 Å². The van der Waals surface area contributed by atoms with E-state index in [2.05, 4.69) is 29.7 Å². The fourth-order valence-electron chi connectivity index (χ4n) is 2.29. The van der Waals surface area contributed by atoms with E-state index < -0.39 is 6.03 Å². The number of rotatable bonds is 5. The Balaban J connectivity index is 2.06. The molecular weight excluding hydrogens is 290 g/mol. The van der Waals surface area contributed by atoms with Gasteiger partial charge in [0.1, 0.15) is 0 Å². The SMILES string of the molecule is CCc1ccc(C(C)NC(=O)c2cccc(NC(N)=O)c2)cc1. The predicted octanol–water partition coefficient (Wildman–Crippen LogP) is 3.23. The molecule has 0 saturated heterocycles. The van der Waals surface area contributed by atoms with E-state index >= 15 is 0 Å². The van der Waals surface area contributed by atoms with Crippen LogP contribution in [0.15, 0.2) is 48.5 Å². The van der Waals surface area contributed by atoms with Gasteiger partial charge in [-0.15, -0.1) is 0 Å². The largest absolute Gasteiger partial charge is 0.351 e. The maximum atomic E-state index is 12.3. The number of carbonyl (C=O) groups excluding carboxylic acids is 2. The van der Waals surface area contributed by atoms with Crippen molar-refractivity contribution in [3.05, 3.63) is 65.2 Å². The average molecular weight is 311 g/mol. The van der Waals surface area contributed by atoms with Crippen molar-refractivity contribution in [3.8, 4) is 0 Å². The topological polar surface area (TPSA) is 84.2 Å². The highest BCUT2D eigenvalue weighted by Gasteiger charge is 2.12. The summed E-state index contributed by atoms with van der Waals surface area (Å²) in [4.78, 5) is 23.2. The Morgan fingerprint density at radius 1 is 1.13 bits per heavy atom. The van der Waals surface area contributed by atoms with Gasteiger partial charge in [0.15, 0.2) is 0 Å². The van der Waals surface area contributed by atoms with Crippen molar-refractivity contribution in [1.29, 1.82) is 0 Å². The van der Waals surface area contributed by atoms with Gasteiger partial charge in [-0.25, -0.2) is 4.79 Å². The van der Waals surface area contributed by atoms with Crippen LogP contribution in [0.25, 0.3) is 0 Å². The number of hydrogen-bond donors (Lipinski definition) is 3. The molecule has 23 heavy (non-hydrogen) atoms. The minimum absolute atomic E-state index is 0.110. The van der Waals surface area contributed by atoms with Gasteiger partial charge in [0.25, 0.3) is 5.91 Å². The van der Waals surface area contributed by atoms with E-state index in [1.807, 2.05) is 19.1 Å². The lowest BCUT2D eigenvalue weighted by Gasteiger charge is -2.15. The summed E-state index contributed by atoms with van der Waals surface area (Å²) >= 11 is 0. The Morgan fingerprint density at radius 3 is 2.43 bits per heavy atom. The quantitative estimate of drug-likeness (QED) is 0.792. The third-order valence-corrected chi connectivity index (χ3v) is 3.63. The third kappa shape index (κ3) is 4.57. The lowest BCUT2D eigenvalue weighted by molar-refractivity contribution is 0.0940. The van der Waals surface area contributed by atoms with E-state index in [9.17, 15) is 9.59 Å². The van der Waals surface area contributed by atoms with Gasteiger partial charge in [-0.3, -0.25) is 4.79 Å². The van der Waals surface area contributed by atoms with E-state index in [1.54, 1.807) is 24.3 Å². The van der Waals surface area contributed by atoms with Crippen molar-refractivity contribution >= 4 is 17.6 Å². The zero-order valence-electron chi connectivity index (χ0n) is 13.3. The summed E-state index contributed by atoms with van der Waals surface area (Å²) in [6, 6.07) is 14.1. The monoisotopic (exact) mass is 311 g/mol. The average Bonchev–Trinajstić information content (AvgIpc) is 2.54. The van der Waals surface area contributed by atoms with Crippen LogP contribution in [0.1, 0.15) is 41.4 Å². The molecule has 0 radical (unpaired) electrons. The molecule has 5 heteroatoms. The molecule has 0 heterocycles. The highest BCUT2D eigenvalue weighted by Crippen LogP contribution is 2.16. The van der Waals surface area contributed by atoms with Gasteiger partial charge >= 0.3 is 6.03 Å². The van der Waals surface area contributed by atoms with Crippen LogP contribution in [-0.4, -0.2) is 11.9 Å². The summed E-state index contributed by atoms with van der Waals surface area (Å²) in [5.74, 6) is -0.204. The number of hydrogen-bond acceptors (Lipinski definition) is 2. The van der Waals surface area contributed by atoms with Gasteiger partial charge in [-0.2, -0.15) is 0 Å². The third-order valence-electron chi connectivity index (χ3n) is 3.63. The van der Waals surface area contributed by atoms with Crippen LogP contribution in [0.3, 0.4) is 0 Å². The number of nitrogens with two attached hydrogens (primary N) is 1. The Hall–Kier alpha value is -2.82. The van der Waals surface area contributed by atoms with Crippen LogP contribution >= 0.6 is 0 Å². The summed E-state index contributed by atoms with van der Waals surface area (Å²) in [6.07, 6.45) is 0.987. The maximum absolute atomic E-state index is 12.3. The molecule has 0 aliphatic carbocycles. The molecule has 2 aromatic carbocycles. The molecule has 1 atom stereocenters. The van der Waals surface area contributed by atoms with Crippen LogP contribution in [0, 0.1) is 0 Å². The zero-order chi connectivity index (χ0) is 16.8. The van der Waals surface area contributed by atoms with Crippen molar-refractivity contribution < 1.29 is 9.59 Å². The predicted molar refractivity (Wildman–Crippen MR) is 91.3 cm³/mol. The standard InChI is InChI=1S/C18H21N3O2/c1-3-13-7-9-14(10-8-13)12(2)20-17(22)15-5-4-6-16(11-15)21-18(19)23/h4-12H,3H2,1-2H3,(H,20,22)(H3,19,21,23). The number of urea groups is 1. The fourth-order valence-corrected chi connectivity index (χ4v) is 2.29. The molecule has 3 amide bonds. The molecule has 4 N–H and O–H groups in total. The van der Waals surface area contributed by atoms with Crippen LogP contribution < -0.4 is 16.4 Å². The molecule has 0 aliphatic rings. The number of primary amides is 1. The van der Waals surface area contributed by atoms with Gasteiger partial charge in [-0.1, -0.05) is 37.3 Å². The van der Waals surface area contributed by atoms with Crippen molar-refractivity contribution in [2.24, 2.45) is 5.73 Å². The highest BCUT2D eigenvalue weighted by molar-refractivity contribution is 5.96. The Kier molecular flexibility index (Phi) is 5.36. The zero-order valence-corrected chi connectivity index (χ0v) is 13.3. The lowest BCUT2D eigenvalue weighted by atomic mass is 10.0. The Morgan fingerprint density at radius 2 is 1.83 bits per heavy atom. The summed E-state index contributed by atoms with van der Waals surface area (Å²) in [5, 5.41) is 5.40. The maximum Gasteiger partial charge on any atom is 0.316 e. The molecule has 0 bridgehead atoms. The molecule has 0 aromatic heterocycles. The van der Waals surface area contributed by atoms with Gasteiger partial charge in [-0.05, 0) is 42.7 Å². The second-order valence-electron chi connectivity index (χ2n) is 5.36. The first kappa shape index (κ1) is 16.5. The molecule has 120 valence electrons. The minimum Gasteiger partial charge on any atom is -0.351 e. The number of aryl methyl sites for hydroxylation is 1. The molecule has 0 fully saturated rings. The number of benzene rings is 2. The van der Waals surface area contributed by atoms with Crippen molar-refractivity contribution in [2.75, 3.05) is 5.32 Å².